The quantitative estimate of drug-likeness (QED) is 0.652. The van der Waals surface area contributed by atoms with Crippen LogP contribution < -0.4 is 5.32 Å². The van der Waals surface area contributed by atoms with Crippen molar-refractivity contribution >= 4 is 5.91 Å². The van der Waals surface area contributed by atoms with E-state index >= 15 is 0 Å². The summed E-state index contributed by atoms with van der Waals surface area (Å²) in [4.78, 5) is 10.7. The average molecular weight is 180 g/mol. The van der Waals surface area contributed by atoms with Crippen LogP contribution >= 0.6 is 0 Å². The van der Waals surface area contributed by atoms with E-state index in [1.54, 1.807) is 6.08 Å². The second-order valence-corrected chi connectivity index (χ2v) is 3.16. The van der Waals surface area contributed by atoms with Crippen molar-refractivity contribution in [3.05, 3.63) is 11.8 Å². The molecule has 4 heteroatoms. The summed E-state index contributed by atoms with van der Waals surface area (Å²) in [5.41, 5.74) is 0. The number of nitrogens with one attached hydrogen (secondary N) is 1. The molecule has 0 saturated carbocycles. The van der Waals surface area contributed by atoms with Crippen LogP contribution in [-0.4, -0.2) is 12.1 Å². The summed E-state index contributed by atoms with van der Waals surface area (Å²) >= 11 is 0. The van der Waals surface area contributed by atoms with Gasteiger partial charge in [-0.3, -0.25) is 4.79 Å². The van der Waals surface area contributed by atoms with E-state index < -0.39 is 0 Å². The Morgan fingerprint density at radius 2 is 2.54 bits per heavy atom. The van der Waals surface area contributed by atoms with Crippen molar-refractivity contribution < 1.29 is 9.53 Å². The lowest BCUT2D eigenvalue weighted by molar-refractivity contribution is -0.122. The Balaban J connectivity index is 2.60. The van der Waals surface area contributed by atoms with Crippen molar-refractivity contribution in [1.29, 1.82) is 5.26 Å². The van der Waals surface area contributed by atoms with E-state index in [0.29, 0.717) is 6.42 Å². The minimum Gasteiger partial charge on any atom is -0.461 e. The summed E-state index contributed by atoms with van der Waals surface area (Å²) in [7, 11) is 0. The van der Waals surface area contributed by atoms with Gasteiger partial charge in [-0.05, 0) is 12.0 Å². The summed E-state index contributed by atoms with van der Waals surface area (Å²) in [5, 5.41) is 11.2. The van der Waals surface area contributed by atoms with Crippen molar-refractivity contribution in [3.63, 3.8) is 0 Å². The monoisotopic (exact) mass is 180 g/mol. The molecule has 1 aliphatic heterocycles. The van der Waals surface area contributed by atoms with Crippen LogP contribution in [0.2, 0.25) is 0 Å². The Hall–Kier alpha value is -1.50. The van der Waals surface area contributed by atoms with Gasteiger partial charge in [0.15, 0.2) is 12.0 Å². The van der Waals surface area contributed by atoms with Crippen LogP contribution in [0.3, 0.4) is 0 Å². The van der Waals surface area contributed by atoms with Crippen molar-refractivity contribution in [1.82, 2.24) is 5.32 Å². The molecule has 0 radical (unpaired) electrons. The van der Waals surface area contributed by atoms with Gasteiger partial charge < -0.3 is 10.1 Å². The predicted octanol–water partition coefficient (Wildman–Crippen LogP) is 0.912. The molecule has 0 aliphatic carbocycles. The number of ether oxygens (including phenoxy) is 1. The smallest absolute Gasteiger partial charge is 0.219 e. The van der Waals surface area contributed by atoms with Gasteiger partial charge in [0.25, 0.3) is 0 Å². The maximum Gasteiger partial charge on any atom is 0.219 e. The molecule has 1 amide bonds. The molecule has 0 unspecified atom stereocenters. The molecule has 0 aromatic heterocycles. The normalized spacial score (nSPS) is 26.7. The molecular weight excluding hydrogens is 168 g/mol. The van der Waals surface area contributed by atoms with Crippen molar-refractivity contribution in [2.24, 2.45) is 5.92 Å². The first-order valence-electron chi connectivity index (χ1n) is 4.17. The third-order valence-electron chi connectivity index (χ3n) is 1.77. The van der Waals surface area contributed by atoms with Gasteiger partial charge in [-0.2, -0.15) is 5.26 Å². The fourth-order valence-electron chi connectivity index (χ4n) is 1.28. The molecule has 1 rings (SSSR count). The fraction of sp³-hybridized carbons (Fsp3) is 0.556. The van der Waals surface area contributed by atoms with Crippen molar-refractivity contribution in [2.75, 3.05) is 0 Å². The van der Waals surface area contributed by atoms with Gasteiger partial charge in [0, 0.05) is 13.3 Å². The summed E-state index contributed by atoms with van der Waals surface area (Å²) < 4.78 is 5.18. The molecule has 1 N–H and O–H groups in total. The van der Waals surface area contributed by atoms with Crippen LogP contribution in [0.15, 0.2) is 11.8 Å². The SMILES string of the molecule is CC(=O)N[C@@H]1C[C@H](C)C=C(C#N)O1. The summed E-state index contributed by atoms with van der Waals surface area (Å²) in [6.45, 7) is 3.41. The van der Waals surface area contributed by atoms with E-state index in [-0.39, 0.29) is 23.8 Å². The van der Waals surface area contributed by atoms with Gasteiger partial charge in [0.2, 0.25) is 5.91 Å². The number of nitrogens with zero attached hydrogens (tertiary/aromatic N) is 1. The first kappa shape index (κ1) is 9.59. The number of hydrogen-bond donors (Lipinski definition) is 1. The Bertz CT molecular complexity index is 278. The number of allylic oxidation sites excluding steroid dienone is 2. The van der Waals surface area contributed by atoms with Crippen LogP contribution in [0.25, 0.3) is 0 Å². The Morgan fingerprint density at radius 3 is 3.08 bits per heavy atom. The summed E-state index contributed by atoms with van der Waals surface area (Å²) in [6, 6.07) is 1.93. The number of amides is 1. The molecule has 0 fully saturated rings. The highest BCUT2D eigenvalue weighted by molar-refractivity contribution is 5.73. The number of hydrogen-bond acceptors (Lipinski definition) is 3. The Kier molecular flexibility index (Phi) is 2.91. The lowest BCUT2D eigenvalue weighted by Gasteiger charge is -2.25. The number of rotatable bonds is 1. The first-order valence-corrected chi connectivity index (χ1v) is 4.17. The topological polar surface area (TPSA) is 62.1 Å². The molecule has 13 heavy (non-hydrogen) atoms. The zero-order valence-corrected chi connectivity index (χ0v) is 7.70. The number of nitriles is 1. The first-order chi connectivity index (χ1) is 6.11. The van der Waals surface area contributed by atoms with Gasteiger partial charge in [-0.1, -0.05) is 6.92 Å². The lowest BCUT2D eigenvalue weighted by Crippen LogP contribution is -2.38. The summed E-state index contributed by atoms with van der Waals surface area (Å²) in [5.74, 6) is 0.411. The van der Waals surface area contributed by atoms with E-state index in [4.69, 9.17) is 10.00 Å². The molecule has 0 bridgehead atoms. The second kappa shape index (κ2) is 3.94. The lowest BCUT2D eigenvalue weighted by atomic mass is 10.0. The molecular formula is C9H12N2O2. The van der Waals surface area contributed by atoms with Crippen LogP contribution in [0.5, 0.6) is 0 Å². The molecule has 2 atom stereocenters. The Morgan fingerprint density at radius 1 is 1.85 bits per heavy atom. The predicted molar refractivity (Wildman–Crippen MR) is 46.2 cm³/mol. The molecule has 0 spiro atoms. The fourth-order valence-corrected chi connectivity index (χ4v) is 1.28. The molecule has 70 valence electrons. The highest BCUT2D eigenvalue weighted by atomic mass is 16.5. The minimum absolute atomic E-state index is 0.142. The van der Waals surface area contributed by atoms with Gasteiger partial charge in [0.1, 0.15) is 6.07 Å². The van der Waals surface area contributed by atoms with Crippen molar-refractivity contribution in [3.8, 4) is 6.07 Å². The van der Waals surface area contributed by atoms with E-state index in [0.717, 1.165) is 0 Å². The highest BCUT2D eigenvalue weighted by Gasteiger charge is 2.21. The molecule has 0 aromatic rings. The van der Waals surface area contributed by atoms with Gasteiger partial charge in [0.05, 0.1) is 0 Å². The van der Waals surface area contributed by atoms with Crippen molar-refractivity contribution in [2.45, 2.75) is 26.5 Å². The standard InChI is InChI=1S/C9H12N2O2/c1-6-3-8(5-10)13-9(4-6)11-7(2)12/h3,6,9H,4H2,1-2H3,(H,11,12)/t6-,9+/m1/s1. The Labute approximate surface area is 77.2 Å². The molecule has 0 saturated heterocycles. The average Bonchev–Trinajstić information content (AvgIpc) is 2.01. The zero-order chi connectivity index (χ0) is 9.84. The summed E-state index contributed by atoms with van der Waals surface area (Å²) in [6.07, 6.45) is 2.12. The van der Waals surface area contributed by atoms with Gasteiger partial charge >= 0.3 is 0 Å². The number of carbonyl (C=O) groups is 1. The van der Waals surface area contributed by atoms with Crippen LogP contribution in [-0.2, 0) is 9.53 Å². The van der Waals surface area contributed by atoms with Crippen LogP contribution in [0.1, 0.15) is 20.3 Å². The van der Waals surface area contributed by atoms with Gasteiger partial charge in [-0.25, -0.2) is 0 Å². The second-order valence-electron chi connectivity index (χ2n) is 3.16. The molecule has 4 nitrogen and oxygen atoms in total. The largest absolute Gasteiger partial charge is 0.461 e. The van der Waals surface area contributed by atoms with Crippen LogP contribution in [0, 0.1) is 17.2 Å². The van der Waals surface area contributed by atoms with E-state index in [9.17, 15) is 4.79 Å². The third-order valence-corrected chi connectivity index (χ3v) is 1.77. The molecule has 1 aliphatic rings. The molecule has 0 aromatic carbocycles. The maximum atomic E-state index is 10.7. The van der Waals surface area contributed by atoms with E-state index in [2.05, 4.69) is 5.32 Å². The highest BCUT2D eigenvalue weighted by Crippen LogP contribution is 2.19. The van der Waals surface area contributed by atoms with E-state index in [1.807, 2.05) is 13.0 Å². The van der Waals surface area contributed by atoms with E-state index in [1.165, 1.54) is 6.92 Å². The van der Waals surface area contributed by atoms with Crippen LogP contribution in [0.4, 0.5) is 0 Å². The molecule has 1 heterocycles. The zero-order valence-electron chi connectivity index (χ0n) is 7.70. The third kappa shape index (κ3) is 2.79. The maximum absolute atomic E-state index is 10.7. The minimum atomic E-state index is -0.354. The number of carbonyl (C=O) groups excluding carboxylic acids is 1. The van der Waals surface area contributed by atoms with Gasteiger partial charge in [-0.15, -0.1) is 0 Å².